The number of hydrogen-bond donors (Lipinski definition) is 2. The number of rotatable bonds is 4. The second kappa shape index (κ2) is 8.40. The van der Waals surface area contributed by atoms with Crippen molar-refractivity contribution in [2.45, 2.75) is 12.8 Å². The van der Waals surface area contributed by atoms with E-state index in [1.54, 1.807) is 35.5 Å². The van der Waals surface area contributed by atoms with Crippen molar-refractivity contribution in [2.24, 2.45) is 5.92 Å². The first kappa shape index (κ1) is 19.7. The summed E-state index contributed by atoms with van der Waals surface area (Å²) in [6.07, 6.45) is 4.55. The molecule has 0 spiro atoms. The average Bonchev–Trinajstić information content (AvgIpc) is 3.27. The monoisotopic (exact) mass is 411 g/mol. The van der Waals surface area contributed by atoms with Gasteiger partial charge in [-0.3, -0.25) is 19.7 Å². The molecule has 4 rings (SSSR count). The van der Waals surface area contributed by atoms with Crippen molar-refractivity contribution in [1.82, 2.24) is 20.1 Å². The molecule has 0 aliphatic carbocycles. The van der Waals surface area contributed by atoms with Gasteiger partial charge in [-0.15, -0.1) is 0 Å². The van der Waals surface area contributed by atoms with Crippen LogP contribution in [0.15, 0.2) is 48.8 Å². The van der Waals surface area contributed by atoms with E-state index < -0.39 is 17.6 Å². The fourth-order valence-corrected chi connectivity index (χ4v) is 3.47. The van der Waals surface area contributed by atoms with Gasteiger partial charge in [0.25, 0.3) is 5.91 Å². The summed E-state index contributed by atoms with van der Waals surface area (Å²) in [6.45, 7) is 0.759. The van der Waals surface area contributed by atoms with E-state index in [1.807, 2.05) is 0 Å². The molecule has 154 valence electrons. The third-order valence-electron chi connectivity index (χ3n) is 5.05. The largest absolute Gasteiger partial charge is 0.337 e. The van der Waals surface area contributed by atoms with E-state index >= 15 is 0 Å². The van der Waals surface area contributed by atoms with Crippen molar-refractivity contribution in [2.75, 3.05) is 18.4 Å². The number of aromatic amines is 1. The molecule has 1 saturated heterocycles. The highest BCUT2D eigenvalue weighted by Crippen LogP contribution is 2.22. The molecule has 9 heteroatoms. The molecule has 1 aromatic carbocycles. The zero-order valence-electron chi connectivity index (χ0n) is 15.9. The Morgan fingerprint density at radius 2 is 1.90 bits per heavy atom. The zero-order chi connectivity index (χ0) is 21.1. The number of halogens is 2. The molecule has 3 heterocycles. The summed E-state index contributed by atoms with van der Waals surface area (Å²) in [7, 11) is 0. The minimum Gasteiger partial charge on any atom is -0.337 e. The number of amides is 2. The number of hydrogen-bond acceptors (Lipinski definition) is 4. The number of nitrogens with zero attached hydrogens (tertiary/aromatic N) is 3. The standard InChI is InChI=1S/C21H19F2N5O2/c22-16-4-3-15(10-17(16)23)25-20(29)14-2-1-9-28(12-14)21(30)19-11-18(26-27-19)13-5-7-24-8-6-13/h3-8,10-11,14H,1-2,9,12H2,(H,25,29)(H,26,27). The minimum atomic E-state index is -1.03. The minimum absolute atomic E-state index is 0.179. The third kappa shape index (κ3) is 4.19. The Hall–Kier alpha value is -3.62. The van der Waals surface area contributed by atoms with Crippen molar-refractivity contribution >= 4 is 17.5 Å². The van der Waals surface area contributed by atoms with E-state index in [0.29, 0.717) is 30.8 Å². The molecule has 7 nitrogen and oxygen atoms in total. The summed E-state index contributed by atoms with van der Waals surface area (Å²) in [6, 6.07) is 8.45. The SMILES string of the molecule is O=C(Nc1ccc(F)c(F)c1)C1CCCN(C(=O)c2cc(-c3ccncc3)n[nH]2)C1. The number of anilines is 1. The van der Waals surface area contributed by atoms with Crippen LogP contribution >= 0.6 is 0 Å². The predicted octanol–water partition coefficient (Wildman–Crippen LogP) is 3.24. The number of pyridine rings is 1. The summed E-state index contributed by atoms with van der Waals surface area (Å²) >= 11 is 0. The molecule has 1 aliphatic rings. The molecule has 1 aliphatic heterocycles. The number of nitrogens with one attached hydrogen (secondary N) is 2. The smallest absolute Gasteiger partial charge is 0.271 e. The number of carbonyl (C=O) groups excluding carboxylic acids is 2. The van der Waals surface area contributed by atoms with E-state index in [1.165, 1.54) is 6.07 Å². The Balaban J connectivity index is 1.42. The summed E-state index contributed by atoms with van der Waals surface area (Å²) < 4.78 is 26.4. The average molecular weight is 411 g/mol. The molecule has 0 saturated carbocycles. The first-order valence-corrected chi connectivity index (χ1v) is 9.52. The number of piperidine rings is 1. The number of aromatic nitrogens is 3. The summed E-state index contributed by atoms with van der Waals surface area (Å²) in [5.41, 5.74) is 1.98. The predicted molar refractivity (Wildman–Crippen MR) is 105 cm³/mol. The number of carbonyl (C=O) groups is 2. The molecular weight excluding hydrogens is 392 g/mol. The highest BCUT2D eigenvalue weighted by Gasteiger charge is 2.30. The van der Waals surface area contributed by atoms with Crippen molar-refractivity contribution in [3.63, 3.8) is 0 Å². The molecule has 3 aromatic rings. The zero-order valence-corrected chi connectivity index (χ0v) is 15.9. The molecule has 1 unspecified atom stereocenters. The summed E-state index contributed by atoms with van der Waals surface area (Å²) in [4.78, 5) is 31.0. The lowest BCUT2D eigenvalue weighted by Crippen LogP contribution is -2.43. The van der Waals surface area contributed by atoms with Gasteiger partial charge in [0.2, 0.25) is 5.91 Å². The van der Waals surface area contributed by atoms with Crippen LogP contribution in [-0.4, -0.2) is 45.0 Å². The Bertz CT molecular complexity index is 1070. The lowest BCUT2D eigenvalue weighted by atomic mass is 9.96. The topological polar surface area (TPSA) is 91.0 Å². The Morgan fingerprint density at radius 3 is 2.67 bits per heavy atom. The van der Waals surface area contributed by atoms with Crippen LogP contribution in [0.1, 0.15) is 23.3 Å². The summed E-state index contributed by atoms with van der Waals surface area (Å²) in [5, 5.41) is 9.53. The first-order chi connectivity index (χ1) is 14.5. The third-order valence-corrected chi connectivity index (χ3v) is 5.05. The van der Waals surface area contributed by atoms with Gasteiger partial charge in [0, 0.05) is 42.8 Å². The van der Waals surface area contributed by atoms with E-state index in [0.717, 1.165) is 17.7 Å². The molecule has 2 N–H and O–H groups in total. The van der Waals surface area contributed by atoms with Crippen molar-refractivity contribution in [3.8, 4) is 11.3 Å². The fraction of sp³-hybridized carbons (Fsp3) is 0.238. The van der Waals surface area contributed by atoms with Crippen LogP contribution in [0, 0.1) is 17.6 Å². The maximum atomic E-state index is 13.4. The van der Waals surface area contributed by atoms with E-state index in [2.05, 4.69) is 20.5 Å². The molecule has 1 fully saturated rings. The second-order valence-corrected chi connectivity index (χ2v) is 7.11. The van der Waals surface area contributed by atoms with E-state index in [4.69, 9.17) is 0 Å². The van der Waals surface area contributed by atoms with Crippen molar-refractivity contribution in [1.29, 1.82) is 0 Å². The van der Waals surface area contributed by atoms with Crippen LogP contribution in [0.25, 0.3) is 11.3 Å². The Morgan fingerprint density at radius 1 is 1.10 bits per heavy atom. The lowest BCUT2D eigenvalue weighted by Gasteiger charge is -2.31. The maximum Gasteiger partial charge on any atom is 0.271 e. The molecule has 30 heavy (non-hydrogen) atoms. The number of benzene rings is 1. The van der Waals surface area contributed by atoms with Crippen LogP contribution in [0.2, 0.25) is 0 Å². The van der Waals surface area contributed by atoms with Gasteiger partial charge >= 0.3 is 0 Å². The summed E-state index contributed by atoms with van der Waals surface area (Å²) in [5.74, 6) is -3.03. The van der Waals surface area contributed by atoms with Gasteiger partial charge < -0.3 is 10.2 Å². The van der Waals surface area contributed by atoms with Gasteiger partial charge in [-0.05, 0) is 43.2 Å². The van der Waals surface area contributed by atoms with Crippen molar-refractivity contribution < 1.29 is 18.4 Å². The highest BCUT2D eigenvalue weighted by atomic mass is 19.2. The quantitative estimate of drug-likeness (QED) is 0.690. The van der Waals surface area contributed by atoms with Gasteiger partial charge in [-0.25, -0.2) is 8.78 Å². The van der Waals surface area contributed by atoms with Crippen LogP contribution in [0.4, 0.5) is 14.5 Å². The Labute approximate surface area is 171 Å². The van der Waals surface area contributed by atoms with E-state index in [-0.39, 0.29) is 24.0 Å². The molecule has 0 radical (unpaired) electrons. The van der Waals surface area contributed by atoms with Crippen LogP contribution in [-0.2, 0) is 4.79 Å². The molecule has 2 amide bonds. The number of likely N-dealkylation sites (tertiary alicyclic amines) is 1. The van der Waals surface area contributed by atoms with Gasteiger partial charge in [-0.1, -0.05) is 0 Å². The lowest BCUT2D eigenvalue weighted by molar-refractivity contribution is -0.121. The second-order valence-electron chi connectivity index (χ2n) is 7.11. The number of H-pyrrole nitrogens is 1. The molecule has 1 atom stereocenters. The maximum absolute atomic E-state index is 13.4. The van der Waals surface area contributed by atoms with Gasteiger partial charge in [0.05, 0.1) is 11.6 Å². The van der Waals surface area contributed by atoms with E-state index in [9.17, 15) is 18.4 Å². The molecule has 2 aromatic heterocycles. The Kier molecular flexibility index (Phi) is 5.51. The fourth-order valence-electron chi connectivity index (χ4n) is 3.47. The van der Waals surface area contributed by atoms with Crippen LogP contribution in [0.5, 0.6) is 0 Å². The van der Waals surface area contributed by atoms with Crippen LogP contribution in [0.3, 0.4) is 0 Å². The van der Waals surface area contributed by atoms with Gasteiger partial charge in [-0.2, -0.15) is 5.10 Å². The molecular formula is C21H19F2N5O2. The van der Waals surface area contributed by atoms with Gasteiger partial charge in [0.15, 0.2) is 11.6 Å². The molecule has 0 bridgehead atoms. The first-order valence-electron chi connectivity index (χ1n) is 9.52. The highest BCUT2D eigenvalue weighted by molar-refractivity contribution is 5.95. The van der Waals surface area contributed by atoms with Crippen molar-refractivity contribution in [3.05, 3.63) is 66.1 Å². The normalized spacial score (nSPS) is 16.3. The van der Waals surface area contributed by atoms with Crippen LogP contribution < -0.4 is 5.32 Å². The van der Waals surface area contributed by atoms with Gasteiger partial charge in [0.1, 0.15) is 5.69 Å².